The molecule has 0 heterocycles. The first kappa shape index (κ1) is 29.2. The summed E-state index contributed by atoms with van der Waals surface area (Å²) in [6.07, 6.45) is 4.77. The lowest BCUT2D eigenvalue weighted by molar-refractivity contribution is -0.145. The summed E-state index contributed by atoms with van der Waals surface area (Å²) in [4.78, 5) is 11.5. The van der Waals surface area contributed by atoms with Crippen molar-refractivity contribution in [1.29, 1.82) is 0 Å². The minimum Gasteiger partial charge on any atom is -0.463 e. The van der Waals surface area contributed by atoms with Crippen molar-refractivity contribution in [1.82, 2.24) is 0 Å². The van der Waals surface area contributed by atoms with E-state index in [-0.39, 0.29) is 19.2 Å². The first-order chi connectivity index (χ1) is 14.8. The second kappa shape index (κ2) is 26.2. The molecular weight excluding hydrogens is 399 g/mol. The van der Waals surface area contributed by atoms with Gasteiger partial charge >= 0.3 is 5.97 Å². The van der Waals surface area contributed by atoms with Gasteiger partial charge < -0.3 is 33.2 Å². The van der Waals surface area contributed by atoms with Gasteiger partial charge in [-0.05, 0) is 6.42 Å². The lowest BCUT2D eigenvalue weighted by Gasteiger charge is -2.08. The van der Waals surface area contributed by atoms with Crippen molar-refractivity contribution in [2.24, 2.45) is 0 Å². The molecule has 0 aromatic heterocycles. The Balaban J connectivity index is 3.07. The zero-order valence-corrected chi connectivity index (χ0v) is 18.6. The van der Waals surface area contributed by atoms with Crippen molar-refractivity contribution in [2.75, 3.05) is 92.6 Å². The molecule has 0 bridgehead atoms. The fourth-order valence-electron chi connectivity index (χ4n) is 2.24. The van der Waals surface area contributed by atoms with Crippen LogP contribution in [0.15, 0.2) is 0 Å². The Hall–Kier alpha value is -0.840. The third-order valence-electron chi connectivity index (χ3n) is 3.81. The molecule has 180 valence electrons. The minimum atomic E-state index is -0.472. The molecule has 0 radical (unpaired) electrons. The number of rotatable bonds is 25. The zero-order chi connectivity index (χ0) is 22.0. The van der Waals surface area contributed by atoms with E-state index in [1.165, 1.54) is 0 Å². The third kappa shape index (κ3) is 25.2. The van der Waals surface area contributed by atoms with E-state index in [1.54, 1.807) is 0 Å². The van der Waals surface area contributed by atoms with Crippen LogP contribution in [0.1, 0.15) is 39.0 Å². The van der Waals surface area contributed by atoms with E-state index in [0.717, 1.165) is 25.7 Å². The van der Waals surface area contributed by atoms with Crippen molar-refractivity contribution < 1.29 is 42.3 Å². The summed E-state index contributed by atoms with van der Waals surface area (Å²) in [6.45, 7) is 7.10. The molecule has 0 aliphatic carbocycles. The molecule has 0 saturated heterocycles. The molecule has 0 amide bonds. The first-order valence-corrected chi connectivity index (χ1v) is 11.0. The van der Waals surface area contributed by atoms with E-state index < -0.39 is 6.67 Å². The van der Waals surface area contributed by atoms with Crippen LogP contribution in [0.25, 0.3) is 0 Å². The standard InChI is InChI=1S/C21H41FO8/c1-2-3-4-5-6-21(23)30-20-19-29-18-17-28-16-15-27-14-13-26-12-11-25-10-9-24-8-7-22/h2-20H2,1H3. The Bertz CT molecular complexity index is 347. The molecule has 0 fully saturated rings. The van der Waals surface area contributed by atoms with E-state index >= 15 is 0 Å². The second-order valence-electron chi connectivity index (χ2n) is 6.39. The van der Waals surface area contributed by atoms with Gasteiger partial charge in [0.05, 0.1) is 79.3 Å². The van der Waals surface area contributed by atoms with Crippen molar-refractivity contribution in [3.63, 3.8) is 0 Å². The Kier molecular flexibility index (Phi) is 25.5. The summed E-state index contributed by atoms with van der Waals surface area (Å²) in [5, 5.41) is 0. The third-order valence-corrected chi connectivity index (χ3v) is 3.81. The molecule has 0 aliphatic heterocycles. The molecule has 0 aromatic carbocycles. The zero-order valence-electron chi connectivity index (χ0n) is 18.6. The Morgan fingerprint density at radius 3 is 1.37 bits per heavy atom. The average molecular weight is 441 g/mol. The highest BCUT2D eigenvalue weighted by Crippen LogP contribution is 2.03. The summed E-state index contributed by atoms with van der Waals surface area (Å²) >= 11 is 0. The highest BCUT2D eigenvalue weighted by molar-refractivity contribution is 5.69. The van der Waals surface area contributed by atoms with Crippen LogP contribution in [0.4, 0.5) is 4.39 Å². The largest absolute Gasteiger partial charge is 0.463 e. The van der Waals surface area contributed by atoms with Gasteiger partial charge in [0, 0.05) is 6.42 Å². The summed E-state index contributed by atoms with van der Waals surface area (Å²) in [6, 6.07) is 0. The van der Waals surface area contributed by atoms with E-state index in [1.807, 2.05) is 0 Å². The molecule has 0 spiro atoms. The van der Waals surface area contributed by atoms with Crippen LogP contribution in [0, 0.1) is 0 Å². The van der Waals surface area contributed by atoms with Crippen LogP contribution in [0.2, 0.25) is 0 Å². The van der Waals surface area contributed by atoms with Gasteiger partial charge in [-0.25, -0.2) is 4.39 Å². The topological polar surface area (TPSA) is 81.7 Å². The van der Waals surface area contributed by atoms with Gasteiger partial charge in [0.2, 0.25) is 0 Å². The quantitative estimate of drug-likeness (QED) is 0.158. The predicted molar refractivity (Wildman–Crippen MR) is 111 cm³/mol. The summed E-state index contributed by atoms with van der Waals surface area (Å²) in [7, 11) is 0. The maximum atomic E-state index is 11.8. The van der Waals surface area contributed by atoms with Gasteiger partial charge in [0.25, 0.3) is 0 Å². The number of hydrogen-bond acceptors (Lipinski definition) is 8. The van der Waals surface area contributed by atoms with Crippen molar-refractivity contribution in [2.45, 2.75) is 39.0 Å². The van der Waals surface area contributed by atoms with Gasteiger partial charge in [-0.3, -0.25) is 4.79 Å². The minimum absolute atomic E-state index is 0.115. The molecule has 0 aromatic rings. The van der Waals surface area contributed by atoms with Crippen LogP contribution in [0.5, 0.6) is 0 Å². The van der Waals surface area contributed by atoms with E-state index in [0.29, 0.717) is 79.1 Å². The molecule has 30 heavy (non-hydrogen) atoms. The van der Waals surface area contributed by atoms with Gasteiger partial charge in [-0.2, -0.15) is 0 Å². The maximum absolute atomic E-state index is 11.8. The van der Waals surface area contributed by atoms with Crippen molar-refractivity contribution in [3.8, 4) is 0 Å². The van der Waals surface area contributed by atoms with E-state index in [2.05, 4.69) is 6.92 Å². The van der Waals surface area contributed by atoms with Gasteiger partial charge in [-0.1, -0.05) is 26.2 Å². The van der Waals surface area contributed by atoms with Gasteiger partial charge in [0.1, 0.15) is 13.3 Å². The Labute approximate surface area is 180 Å². The number of ether oxygens (including phenoxy) is 7. The SMILES string of the molecule is CCCCCCC(=O)OCCOCCOCCOCCOCCOCCOCCF. The van der Waals surface area contributed by atoms with Gasteiger partial charge in [-0.15, -0.1) is 0 Å². The smallest absolute Gasteiger partial charge is 0.305 e. The highest BCUT2D eigenvalue weighted by atomic mass is 19.1. The fourth-order valence-corrected chi connectivity index (χ4v) is 2.24. The summed E-state index contributed by atoms with van der Waals surface area (Å²) < 4.78 is 48.5. The van der Waals surface area contributed by atoms with Crippen LogP contribution in [-0.4, -0.2) is 98.5 Å². The normalized spacial score (nSPS) is 11.1. The number of carbonyl (C=O) groups is 1. The van der Waals surface area contributed by atoms with Crippen molar-refractivity contribution in [3.05, 3.63) is 0 Å². The Morgan fingerprint density at radius 2 is 0.967 bits per heavy atom. The van der Waals surface area contributed by atoms with Crippen molar-refractivity contribution >= 4 is 5.97 Å². The molecule has 0 saturated carbocycles. The van der Waals surface area contributed by atoms with Gasteiger partial charge in [0.15, 0.2) is 0 Å². The van der Waals surface area contributed by atoms with Crippen LogP contribution in [0.3, 0.4) is 0 Å². The van der Waals surface area contributed by atoms with E-state index in [4.69, 9.17) is 33.2 Å². The lowest BCUT2D eigenvalue weighted by Crippen LogP contribution is -2.15. The number of alkyl halides is 1. The maximum Gasteiger partial charge on any atom is 0.305 e. The number of esters is 1. The molecule has 0 atom stereocenters. The molecule has 8 nitrogen and oxygen atoms in total. The number of halogens is 1. The number of hydrogen-bond donors (Lipinski definition) is 0. The molecule has 0 unspecified atom stereocenters. The number of carbonyl (C=O) groups excluding carboxylic acids is 1. The van der Waals surface area contributed by atoms with Crippen LogP contribution in [-0.2, 0) is 38.0 Å². The summed E-state index contributed by atoms with van der Waals surface area (Å²) in [5.41, 5.74) is 0. The second-order valence-corrected chi connectivity index (χ2v) is 6.39. The highest BCUT2D eigenvalue weighted by Gasteiger charge is 2.02. The van der Waals surface area contributed by atoms with Crippen LogP contribution >= 0.6 is 0 Å². The first-order valence-electron chi connectivity index (χ1n) is 11.0. The molecule has 0 aliphatic rings. The average Bonchev–Trinajstić information content (AvgIpc) is 2.75. The molecule has 9 heteroatoms. The molecular formula is C21H41FO8. The molecule has 0 rings (SSSR count). The lowest BCUT2D eigenvalue weighted by atomic mass is 10.2. The van der Waals surface area contributed by atoms with Crippen LogP contribution < -0.4 is 0 Å². The number of unbranched alkanes of at least 4 members (excludes halogenated alkanes) is 3. The predicted octanol–water partition coefficient (Wildman–Crippen LogP) is 2.57. The van der Waals surface area contributed by atoms with E-state index in [9.17, 15) is 9.18 Å². The summed E-state index contributed by atoms with van der Waals surface area (Å²) in [5.74, 6) is -0.153. The monoisotopic (exact) mass is 440 g/mol. The fraction of sp³-hybridized carbons (Fsp3) is 0.952. The molecule has 0 N–H and O–H groups in total. The Morgan fingerprint density at radius 1 is 0.567 bits per heavy atom.